The summed E-state index contributed by atoms with van der Waals surface area (Å²) in [7, 11) is -3.82. The van der Waals surface area contributed by atoms with Crippen molar-refractivity contribution in [3.63, 3.8) is 0 Å². The first kappa shape index (κ1) is 23.2. The van der Waals surface area contributed by atoms with Gasteiger partial charge in [-0.15, -0.1) is 0 Å². The molecule has 0 bridgehead atoms. The van der Waals surface area contributed by atoms with Crippen molar-refractivity contribution in [1.82, 2.24) is 14.5 Å². The van der Waals surface area contributed by atoms with Crippen molar-refractivity contribution in [2.75, 3.05) is 26.2 Å². The third-order valence-electron chi connectivity index (χ3n) is 5.86. The molecule has 1 atom stereocenters. The summed E-state index contributed by atoms with van der Waals surface area (Å²) < 4.78 is 28.6. The van der Waals surface area contributed by atoms with Crippen LogP contribution in [0, 0.1) is 0 Å². The number of nitrogens with zero attached hydrogens (tertiary/aromatic N) is 2. The quantitative estimate of drug-likeness (QED) is 0.558. The van der Waals surface area contributed by atoms with E-state index in [-0.39, 0.29) is 10.8 Å². The normalized spacial score (nSPS) is 15.8. The molecule has 1 saturated heterocycles. The number of rotatable bonds is 8. The molecule has 3 aromatic carbocycles. The highest BCUT2D eigenvalue weighted by Gasteiger charge is 2.31. The fourth-order valence-electron chi connectivity index (χ4n) is 4.07. The Hall–Kier alpha value is -3.00. The Balaban J connectivity index is 1.45. The lowest BCUT2D eigenvalue weighted by Crippen LogP contribution is -2.55. The molecule has 0 radical (unpaired) electrons. The number of piperazine rings is 1. The Bertz CT molecular complexity index is 1130. The SMILES string of the molecule is O=C(C(Cc1ccccc1)NS(=O)(=O)c1ccccc1)N1CCN(Cc2ccccc2)CC1. The second-order valence-corrected chi connectivity index (χ2v) is 9.98. The van der Waals surface area contributed by atoms with Gasteiger partial charge in [0.05, 0.1) is 4.90 Å². The van der Waals surface area contributed by atoms with Crippen molar-refractivity contribution >= 4 is 15.9 Å². The van der Waals surface area contributed by atoms with E-state index in [1.165, 1.54) is 17.7 Å². The van der Waals surface area contributed by atoms with E-state index in [9.17, 15) is 13.2 Å². The molecule has 1 aliphatic rings. The van der Waals surface area contributed by atoms with Crippen LogP contribution in [0.3, 0.4) is 0 Å². The van der Waals surface area contributed by atoms with E-state index in [2.05, 4.69) is 21.8 Å². The van der Waals surface area contributed by atoms with Gasteiger partial charge >= 0.3 is 0 Å². The molecule has 172 valence electrons. The summed E-state index contributed by atoms with van der Waals surface area (Å²) in [6.07, 6.45) is 0.302. The second-order valence-electron chi connectivity index (χ2n) is 8.26. The zero-order chi connectivity index (χ0) is 23.1. The summed E-state index contributed by atoms with van der Waals surface area (Å²) in [6, 6.07) is 27.1. The maximum atomic E-state index is 13.5. The van der Waals surface area contributed by atoms with Crippen molar-refractivity contribution in [2.45, 2.75) is 23.9 Å². The van der Waals surface area contributed by atoms with Crippen molar-refractivity contribution in [1.29, 1.82) is 0 Å². The number of carbonyl (C=O) groups excluding carboxylic acids is 1. The van der Waals surface area contributed by atoms with Crippen LogP contribution in [-0.2, 0) is 27.8 Å². The molecule has 1 unspecified atom stereocenters. The molecule has 1 amide bonds. The number of nitrogens with one attached hydrogen (secondary N) is 1. The lowest BCUT2D eigenvalue weighted by Gasteiger charge is -2.36. The van der Waals surface area contributed by atoms with Crippen LogP contribution >= 0.6 is 0 Å². The highest BCUT2D eigenvalue weighted by molar-refractivity contribution is 7.89. The highest BCUT2D eigenvalue weighted by atomic mass is 32.2. The van der Waals surface area contributed by atoms with Crippen LogP contribution < -0.4 is 4.72 Å². The summed E-state index contributed by atoms with van der Waals surface area (Å²) in [5.74, 6) is -0.183. The van der Waals surface area contributed by atoms with Gasteiger partial charge in [-0.05, 0) is 29.7 Å². The van der Waals surface area contributed by atoms with Gasteiger partial charge in [0.2, 0.25) is 15.9 Å². The first-order valence-electron chi connectivity index (χ1n) is 11.2. The predicted molar refractivity (Wildman–Crippen MR) is 129 cm³/mol. The average Bonchev–Trinajstić information content (AvgIpc) is 2.85. The summed E-state index contributed by atoms with van der Waals surface area (Å²) in [4.78, 5) is 17.7. The van der Waals surface area contributed by atoms with Gasteiger partial charge in [0.15, 0.2) is 0 Å². The van der Waals surface area contributed by atoms with Crippen LogP contribution in [0.4, 0.5) is 0 Å². The predicted octanol–water partition coefficient (Wildman–Crippen LogP) is 2.92. The minimum Gasteiger partial charge on any atom is -0.339 e. The monoisotopic (exact) mass is 463 g/mol. The molecule has 1 heterocycles. The van der Waals surface area contributed by atoms with Crippen LogP contribution in [-0.4, -0.2) is 56.3 Å². The molecular formula is C26H29N3O3S. The fourth-order valence-corrected chi connectivity index (χ4v) is 5.28. The summed E-state index contributed by atoms with van der Waals surface area (Å²) in [6.45, 7) is 3.50. The standard InChI is InChI=1S/C26H29N3O3S/c30-26(29-18-16-28(17-19-29)21-23-12-6-2-7-13-23)25(20-22-10-4-1-5-11-22)27-33(31,32)24-14-8-3-9-15-24/h1-15,25,27H,16-21H2. The zero-order valence-electron chi connectivity index (χ0n) is 18.5. The van der Waals surface area contributed by atoms with Gasteiger partial charge in [-0.3, -0.25) is 9.69 Å². The lowest BCUT2D eigenvalue weighted by atomic mass is 10.1. The number of carbonyl (C=O) groups is 1. The Morgan fingerprint density at radius 1 is 0.758 bits per heavy atom. The molecule has 33 heavy (non-hydrogen) atoms. The van der Waals surface area contributed by atoms with E-state index >= 15 is 0 Å². The molecule has 1 fully saturated rings. The van der Waals surface area contributed by atoms with Gasteiger partial charge in [0.25, 0.3) is 0 Å². The van der Waals surface area contributed by atoms with Crippen molar-refractivity contribution in [3.8, 4) is 0 Å². The van der Waals surface area contributed by atoms with Gasteiger partial charge < -0.3 is 4.90 Å². The van der Waals surface area contributed by atoms with Gasteiger partial charge in [-0.2, -0.15) is 4.72 Å². The minimum atomic E-state index is -3.82. The van der Waals surface area contributed by atoms with E-state index in [1.54, 1.807) is 23.1 Å². The van der Waals surface area contributed by atoms with Gasteiger partial charge in [0, 0.05) is 32.7 Å². The molecule has 1 N–H and O–H groups in total. The molecule has 1 aliphatic heterocycles. The van der Waals surface area contributed by atoms with E-state index in [0.29, 0.717) is 19.5 Å². The van der Waals surface area contributed by atoms with Crippen molar-refractivity contribution < 1.29 is 13.2 Å². The fraction of sp³-hybridized carbons (Fsp3) is 0.269. The summed E-state index contributed by atoms with van der Waals surface area (Å²) in [5, 5.41) is 0. The number of hydrogen-bond donors (Lipinski definition) is 1. The summed E-state index contributed by atoms with van der Waals surface area (Å²) in [5.41, 5.74) is 2.16. The van der Waals surface area contributed by atoms with Crippen LogP contribution in [0.1, 0.15) is 11.1 Å². The van der Waals surface area contributed by atoms with Crippen molar-refractivity contribution in [2.24, 2.45) is 0 Å². The largest absolute Gasteiger partial charge is 0.339 e. The number of benzene rings is 3. The topological polar surface area (TPSA) is 69.7 Å². The molecule has 0 aliphatic carbocycles. The summed E-state index contributed by atoms with van der Waals surface area (Å²) >= 11 is 0. The van der Waals surface area contributed by atoms with Crippen LogP contribution in [0.25, 0.3) is 0 Å². The molecule has 0 saturated carbocycles. The number of hydrogen-bond acceptors (Lipinski definition) is 4. The van der Waals surface area contributed by atoms with Crippen LogP contribution in [0.15, 0.2) is 95.9 Å². The lowest BCUT2D eigenvalue weighted by molar-refractivity contribution is -0.134. The van der Waals surface area contributed by atoms with E-state index in [4.69, 9.17) is 0 Å². The third-order valence-corrected chi connectivity index (χ3v) is 7.35. The Morgan fingerprint density at radius 3 is 1.85 bits per heavy atom. The molecule has 6 nitrogen and oxygen atoms in total. The highest BCUT2D eigenvalue weighted by Crippen LogP contribution is 2.15. The molecule has 0 spiro atoms. The Labute approximate surface area is 195 Å². The molecule has 7 heteroatoms. The van der Waals surface area contributed by atoms with Crippen LogP contribution in [0.2, 0.25) is 0 Å². The molecule has 0 aromatic heterocycles. The van der Waals surface area contributed by atoms with Gasteiger partial charge in [-0.1, -0.05) is 78.9 Å². The maximum Gasteiger partial charge on any atom is 0.241 e. The van der Waals surface area contributed by atoms with E-state index in [1.807, 2.05) is 48.5 Å². The Morgan fingerprint density at radius 2 is 1.27 bits per heavy atom. The number of sulfonamides is 1. The average molecular weight is 464 g/mol. The zero-order valence-corrected chi connectivity index (χ0v) is 19.3. The second kappa shape index (κ2) is 10.7. The van der Waals surface area contributed by atoms with Gasteiger partial charge in [-0.25, -0.2) is 8.42 Å². The van der Waals surface area contributed by atoms with Crippen molar-refractivity contribution in [3.05, 3.63) is 102 Å². The molecule has 4 rings (SSSR count). The number of amides is 1. The van der Waals surface area contributed by atoms with E-state index in [0.717, 1.165) is 25.2 Å². The molecular weight excluding hydrogens is 434 g/mol. The van der Waals surface area contributed by atoms with E-state index < -0.39 is 16.1 Å². The third kappa shape index (κ3) is 6.28. The van der Waals surface area contributed by atoms with Gasteiger partial charge in [0.1, 0.15) is 6.04 Å². The Kier molecular flexibility index (Phi) is 7.54. The smallest absolute Gasteiger partial charge is 0.241 e. The first-order chi connectivity index (χ1) is 16.0. The minimum absolute atomic E-state index is 0.156. The van der Waals surface area contributed by atoms with Crippen LogP contribution in [0.5, 0.6) is 0 Å². The maximum absolute atomic E-state index is 13.5. The first-order valence-corrected chi connectivity index (χ1v) is 12.7. The molecule has 3 aromatic rings.